The van der Waals surface area contributed by atoms with E-state index in [1.807, 2.05) is 6.92 Å². The monoisotopic (exact) mass is 364 g/mol. The van der Waals surface area contributed by atoms with Gasteiger partial charge in [-0.05, 0) is 26.3 Å². The molecule has 0 bridgehead atoms. The fourth-order valence-electron chi connectivity index (χ4n) is 4.70. The average Bonchev–Trinajstić information content (AvgIpc) is 2.93. The Kier molecular flexibility index (Phi) is 4.46. The maximum atomic E-state index is 12.1. The quantitative estimate of drug-likeness (QED) is 0.341. The zero-order chi connectivity index (χ0) is 19.4. The van der Waals surface area contributed by atoms with Crippen LogP contribution in [-0.2, 0) is 28.6 Å². The van der Waals surface area contributed by atoms with Gasteiger partial charge in [-0.1, -0.05) is 12.2 Å². The van der Waals surface area contributed by atoms with Crippen molar-refractivity contribution in [3.05, 3.63) is 23.8 Å². The summed E-state index contributed by atoms with van der Waals surface area (Å²) < 4.78 is 16.4. The van der Waals surface area contributed by atoms with Crippen molar-refractivity contribution < 1.29 is 33.7 Å². The summed E-state index contributed by atoms with van der Waals surface area (Å²) in [7, 11) is 0. The van der Waals surface area contributed by atoms with E-state index in [2.05, 4.69) is 6.58 Å². The summed E-state index contributed by atoms with van der Waals surface area (Å²) >= 11 is 0. The number of rotatable bonds is 2. The zero-order valence-corrected chi connectivity index (χ0v) is 15.4. The van der Waals surface area contributed by atoms with Crippen LogP contribution >= 0.6 is 0 Å². The molecule has 0 unspecified atom stereocenters. The summed E-state index contributed by atoms with van der Waals surface area (Å²) in [6.07, 6.45) is -0.130. The molecule has 3 rings (SSSR count). The molecule has 1 saturated carbocycles. The highest BCUT2D eigenvalue weighted by molar-refractivity contribution is 5.91. The van der Waals surface area contributed by atoms with Crippen LogP contribution in [0.25, 0.3) is 0 Å². The Hall–Kier alpha value is -2.15. The third-order valence-electron chi connectivity index (χ3n) is 5.80. The molecule has 3 aliphatic rings. The molecule has 1 N–H and O–H groups in total. The first-order valence-corrected chi connectivity index (χ1v) is 8.69. The molecule has 7 nitrogen and oxygen atoms in total. The van der Waals surface area contributed by atoms with Gasteiger partial charge < -0.3 is 19.3 Å². The van der Waals surface area contributed by atoms with Gasteiger partial charge in [-0.3, -0.25) is 9.59 Å². The highest BCUT2D eigenvalue weighted by atomic mass is 16.6. The van der Waals surface area contributed by atoms with Gasteiger partial charge in [-0.25, -0.2) is 4.79 Å². The first kappa shape index (κ1) is 18.6. The standard InChI is InChI=1S/C19H24O7/c1-8-6-13(24-10(3)20)16-15(8)17-12(9(2)18(22)26-17)7-14(19(16,5)23)25-11(4)21/h6,12-17,23H,2,7H2,1,3-5H3/t12-,13+,14+,15-,16+,17-,19+/m1/s1. The van der Waals surface area contributed by atoms with Gasteiger partial charge in [0.25, 0.3) is 0 Å². The Morgan fingerprint density at radius 1 is 1.31 bits per heavy atom. The number of carbonyl (C=O) groups excluding carboxylic acids is 3. The SMILES string of the molecule is C=C1C(=O)O[C@H]2[C@@H]3C(C)=C[C@H](OC(C)=O)[C@@H]3[C@@](C)(O)[C@@H](OC(C)=O)C[C@H]12. The summed E-state index contributed by atoms with van der Waals surface area (Å²) in [4.78, 5) is 35.3. The lowest BCUT2D eigenvalue weighted by Gasteiger charge is -2.40. The van der Waals surface area contributed by atoms with E-state index in [1.165, 1.54) is 13.8 Å². The number of esters is 3. The van der Waals surface area contributed by atoms with Gasteiger partial charge in [0.2, 0.25) is 0 Å². The number of fused-ring (bicyclic) bond motifs is 3. The summed E-state index contributed by atoms with van der Waals surface area (Å²) in [6, 6.07) is 0. The molecule has 0 radical (unpaired) electrons. The molecule has 26 heavy (non-hydrogen) atoms. The van der Waals surface area contributed by atoms with E-state index in [0.717, 1.165) is 5.57 Å². The predicted octanol–water partition coefficient (Wildman–Crippen LogP) is 1.29. The lowest BCUT2D eigenvalue weighted by molar-refractivity contribution is -0.181. The van der Waals surface area contributed by atoms with Crippen molar-refractivity contribution in [3.63, 3.8) is 0 Å². The van der Waals surface area contributed by atoms with Gasteiger partial charge in [0.05, 0.1) is 0 Å². The molecule has 0 aromatic heterocycles. The molecule has 2 aliphatic carbocycles. The molecule has 2 fully saturated rings. The molecule has 142 valence electrons. The second-order valence-corrected chi connectivity index (χ2v) is 7.60. The lowest BCUT2D eigenvalue weighted by atomic mass is 9.74. The Bertz CT molecular complexity index is 705. The molecule has 7 heteroatoms. The molecule has 1 heterocycles. The largest absolute Gasteiger partial charge is 0.459 e. The van der Waals surface area contributed by atoms with E-state index in [9.17, 15) is 19.5 Å². The Labute approximate surface area is 152 Å². The van der Waals surface area contributed by atoms with E-state index >= 15 is 0 Å². The van der Waals surface area contributed by atoms with Crippen LogP contribution in [0.1, 0.15) is 34.1 Å². The second kappa shape index (κ2) is 6.23. The van der Waals surface area contributed by atoms with Crippen molar-refractivity contribution in [1.29, 1.82) is 0 Å². The zero-order valence-electron chi connectivity index (χ0n) is 15.4. The van der Waals surface area contributed by atoms with Gasteiger partial charge in [0.1, 0.15) is 23.9 Å². The summed E-state index contributed by atoms with van der Waals surface area (Å²) in [6.45, 7) is 9.82. The molecule has 7 atom stereocenters. The first-order valence-electron chi connectivity index (χ1n) is 8.69. The predicted molar refractivity (Wildman–Crippen MR) is 89.6 cm³/mol. The van der Waals surface area contributed by atoms with Crippen LogP contribution in [-0.4, -0.2) is 46.9 Å². The Balaban J connectivity index is 2.08. The molecular formula is C19H24O7. The number of ether oxygens (including phenoxy) is 3. The van der Waals surface area contributed by atoms with Crippen molar-refractivity contribution in [1.82, 2.24) is 0 Å². The number of hydrogen-bond donors (Lipinski definition) is 1. The van der Waals surface area contributed by atoms with E-state index in [4.69, 9.17) is 14.2 Å². The summed E-state index contributed by atoms with van der Waals surface area (Å²) in [5, 5.41) is 11.4. The topological polar surface area (TPSA) is 99.1 Å². The highest BCUT2D eigenvalue weighted by Crippen LogP contribution is 2.53. The van der Waals surface area contributed by atoms with Crippen molar-refractivity contribution in [2.45, 2.75) is 58.0 Å². The van der Waals surface area contributed by atoms with Crippen LogP contribution in [0.2, 0.25) is 0 Å². The fourth-order valence-corrected chi connectivity index (χ4v) is 4.70. The molecule has 0 amide bonds. The summed E-state index contributed by atoms with van der Waals surface area (Å²) in [5.74, 6) is -2.84. The third-order valence-corrected chi connectivity index (χ3v) is 5.80. The number of carbonyl (C=O) groups is 3. The van der Waals surface area contributed by atoms with Crippen molar-refractivity contribution >= 4 is 17.9 Å². The van der Waals surface area contributed by atoms with Crippen LogP contribution in [0, 0.1) is 17.8 Å². The van der Waals surface area contributed by atoms with Crippen molar-refractivity contribution in [2.24, 2.45) is 17.8 Å². The van der Waals surface area contributed by atoms with Crippen molar-refractivity contribution in [2.75, 3.05) is 0 Å². The van der Waals surface area contributed by atoms with E-state index in [1.54, 1.807) is 13.0 Å². The lowest BCUT2D eigenvalue weighted by Crippen LogP contribution is -2.53. The van der Waals surface area contributed by atoms with Crippen LogP contribution in [0.3, 0.4) is 0 Å². The van der Waals surface area contributed by atoms with Crippen LogP contribution in [0.4, 0.5) is 0 Å². The molecule has 1 aliphatic heterocycles. The molecule has 0 aromatic carbocycles. The molecular weight excluding hydrogens is 340 g/mol. The Morgan fingerprint density at radius 2 is 1.92 bits per heavy atom. The van der Waals surface area contributed by atoms with Crippen LogP contribution in [0.15, 0.2) is 23.8 Å². The maximum absolute atomic E-state index is 12.1. The van der Waals surface area contributed by atoms with Gasteiger partial charge in [-0.2, -0.15) is 0 Å². The minimum absolute atomic E-state index is 0.217. The average molecular weight is 364 g/mol. The minimum atomic E-state index is -1.48. The van der Waals surface area contributed by atoms with Crippen molar-refractivity contribution in [3.8, 4) is 0 Å². The maximum Gasteiger partial charge on any atom is 0.334 e. The molecule has 0 spiro atoms. The molecule has 0 aromatic rings. The van der Waals surface area contributed by atoms with Gasteiger partial charge in [0, 0.05) is 37.2 Å². The number of hydrogen-bond acceptors (Lipinski definition) is 7. The van der Waals surface area contributed by atoms with Crippen LogP contribution in [0.5, 0.6) is 0 Å². The van der Waals surface area contributed by atoms with Gasteiger partial charge in [0.15, 0.2) is 0 Å². The minimum Gasteiger partial charge on any atom is -0.459 e. The third kappa shape index (κ3) is 2.84. The fraction of sp³-hybridized carbons (Fsp3) is 0.632. The normalized spacial score (nSPS) is 41.5. The van der Waals surface area contributed by atoms with Crippen LogP contribution < -0.4 is 0 Å². The van der Waals surface area contributed by atoms with Gasteiger partial charge >= 0.3 is 17.9 Å². The second-order valence-electron chi connectivity index (χ2n) is 7.60. The van der Waals surface area contributed by atoms with E-state index < -0.39 is 47.7 Å². The molecule has 1 saturated heterocycles. The Morgan fingerprint density at radius 3 is 2.50 bits per heavy atom. The van der Waals surface area contributed by atoms with Gasteiger partial charge in [-0.15, -0.1) is 0 Å². The summed E-state index contributed by atoms with van der Waals surface area (Å²) in [5.41, 5.74) is -0.309. The van der Waals surface area contributed by atoms with E-state index in [0.29, 0.717) is 5.57 Å². The smallest absolute Gasteiger partial charge is 0.334 e. The number of aliphatic hydroxyl groups is 1. The highest BCUT2D eigenvalue weighted by Gasteiger charge is 2.62. The first-order chi connectivity index (χ1) is 12.0. The van der Waals surface area contributed by atoms with E-state index in [-0.39, 0.29) is 18.3 Å².